The van der Waals surface area contributed by atoms with Crippen molar-refractivity contribution in [3.63, 3.8) is 0 Å². The van der Waals surface area contributed by atoms with Gasteiger partial charge in [-0.3, -0.25) is 4.79 Å². The first-order valence-corrected chi connectivity index (χ1v) is 19.5. The number of benzene rings is 7. The van der Waals surface area contributed by atoms with Crippen LogP contribution in [0.3, 0.4) is 0 Å². The van der Waals surface area contributed by atoms with E-state index >= 15 is 0 Å². The number of nitrogens with one attached hydrogen (secondary N) is 1. The molecule has 0 bridgehead atoms. The maximum Gasteiger partial charge on any atom is 0.338 e. The van der Waals surface area contributed by atoms with E-state index in [4.69, 9.17) is 23.7 Å². The van der Waals surface area contributed by atoms with E-state index in [9.17, 15) is 14.4 Å². The summed E-state index contributed by atoms with van der Waals surface area (Å²) >= 11 is 0. The van der Waals surface area contributed by atoms with Gasteiger partial charge in [0.2, 0.25) is 0 Å². The fraction of sp³-hybridized carbons (Fsp3) is 0.118. The summed E-state index contributed by atoms with van der Waals surface area (Å²) in [5.74, 6) is 0.0127. The van der Waals surface area contributed by atoms with Gasteiger partial charge in [0.25, 0.3) is 5.91 Å². The third-order valence-corrected chi connectivity index (χ3v) is 9.48. The van der Waals surface area contributed by atoms with Crippen molar-refractivity contribution >= 4 is 17.8 Å². The average molecular weight is 798 g/mol. The molecule has 0 aromatic heterocycles. The lowest BCUT2D eigenvalue weighted by molar-refractivity contribution is 0.00484. The number of carbonyl (C=O) groups excluding carboxylic acids is 3. The van der Waals surface area contributed by atoms with Crippen molar-refractivity contribution in [2.24, 2.45) is 0 Å². The van der Waals surface area contributed by atoms with Crippen LogP contribution in [-0.2, 0) is 29.3 Å². The Labute approximate surface area is 349 Å². The molecule has 0 saturated heterocycles. The van der Waals surface area contributed by atoms with Gasteiger partial charge in [0.1, 0.15) is 49.7 Å². The first-order chi connectivity index (χ1) is 29.5. The number of carbonyl (C=O) groups is 3. The number of hydrogen-bond acceptors (Lipinski definition) is 8. The smallest absolute Gasteiger partial charge is 0.338 e. The van der Waals surface area contributed by atoms with Crippen LogP contribution in [-0.4, -0.2) is 30.5 Å². The lowest BCUT2D eigenvalue weighted by Gasteiger charge is -2.28. The molecule has 1 amide bonds. The molecule has 9 nitrogen and oxygen atoms in total. The molecule has 0 radical (unpaired) electrons. The summed E-state index contributed by atoms with van der Waals surface area (Å²) in [6.07, 6.45) is -1.06. The molecule has 7 aromatic carbocycles. The molecule has 0 aliphatic rings. The number of ether oxygens (including phenoxy) is 5. The van der Waals surface area contributed by atoms with E-state index in [0.717, 1.165) is 16.7 Å². The second-order valence-corrected chi connectivity index (χ2v) is 13.8. The van der Waals surface area contributed by atoms with E-state index in [1.165, 1.54) is 0 Å². The van der Waals surface area contributed by atoms with Gasteiger partial charge < -0.3 is 29.0 Å². The molecule has 0 aliphatic heterocycles. The van der Waals surface area contributed by atoms with E-state index in [2.05, 4.69) is 5.32 Å². The number of esters is 2. The highest BCUT2D eigenvalue weighted by Gasteiger charge is 2.31. The Morgan fingerprint density at radius 2 is 0.783 bits per heavy atom. The number of rotatable bonds is 18. The van der Waals surface area contributed by atoms with Crippen molar-refractivity contribution in [1.82, 2.24) is 5.32 Å². The zero-order valence-corrected chi connectivity index (χ0v) is 32.7. The molecule has 2 atom stereocenters. The molecule has 1 N–H and O–H groups in total. The maximum absolute atomic E-state index is 13.9. The van der Waals surface area contributed by atoms with Gasteiger partial charge in [-0.1, -0.05) is 121 Å². The zero-order valence-electron chi connectivity index (χ0n) is 32.7. The molecule has 7 aromatic rings. The fourth-order valence-electron chi connectivity index (χ4n) is 6.21. The van der Waals surface area contributed by atoms with Gasteiger partial charge in [-0.15, -0.1) is 0 Å². The molecule has 9 heteroatoms. The second kappa shape index (κ2) is 20.7. The van der Waals surface area contributed by atoms with E-state index < -0.39 is 30.0 Å². The zero-order chi connectivity index (χ0) is 41.4. The highest BCUT2D eigenvalue weighted by Crippen LogP contribution is 2.26. The van der Waals surface area contributed by atoms with Crippen LogP contribution in [0.1, 0.15) is 59.4 Å². The van der Waals surface area contributed by atoms with Gasteiger partial charge in [0, 0.05) is 5.56 Å². The Balaban J connectivity index is 1.07. The highest BCUT2D eigenvalue weighted by atomic mass is 16.6. The molecule has 0 spiro atoms. The summed E-state index contributed by atoms with van der Waals surface area (Å²) in [5.41, 5.74) is 4.50. The quantitative estimate of drug-likeness (QED) is 0.0856. The molecular weight excluding hydrogens is 755 g/mol. The Kier molecular flexibility index (Phi) is 14.0. The Hall–Kier alpha value is -7.65. The van der Waals surface area contributed by atoms with E-state index in [0.29, 0.717) is 48.2 Å². The Bertz CT molecular complexity index is 2410. The van der Waals surface area contributed by atoms with Crippen LogP contribution in [0.4, 0.5) is 0 Å². The summed E-state index contributed by atoms with van der Waals surface area (Å²) in [7, 11) is 0. The minimum atomic E-state index is -1.06. The Morgan fingerprint density at radius 3 is 1.20 bits per heavy atom. The van der Waals surface area contributed by atoms with E-state index in [1.54, 1.807) is 97.1 Å². The SMILES string of the molecule is O=C(N[C@@H](COC(=O)c1ccc(OCc2ccccc2)cc1)[C@H](OC(=O)c1ccc(OCc2ccccc2)cc1)c1ccccc1)c1ccc(OCc2ccccc2)cc1. The summed E-state index contributed by atoms with van der Waals surface area (Å²) in [6, 6.07) is 57.2. The van der Waals surface area contributed by atoms with Crippen molar-refractivity contribution in [3.8, 4) is 17.2 Å². The third-order valence-electron chi connectivity index (χ3n) is 9.48. The first-order valence-electron chi connectivity index (χ1n) is 19.5. The van der Waals surface area contributed by atoms with Gasteiger partial charge in [-0.05, 0) is 95.1 Å². The van der Waals surface area contributed by atoms with Gasteiger partial charge in [-0.2, -0.15) is 0 Å². The van der Waals surface area contributed by atoms with Crippen molar-refractivity contribution in [1.29, 1.82) is 0 Å². The minimum absolute atomic E-state index is 0.269. The Morgan fingerprint density at radius 1 is 0.417 bits per heavy atom. The molecule has 300 valence electrons. The van der Waals surface area contributed by atoms with Crippen LogP contribution in [0, 0.1) is 0 Å². The molecule has 60 heavy (non-hydrogen) atoms. The molecule has 0 unspecified atom stereocenters. The molecule has 0 fully saturated rings. The molecular formula is C51H43NO8. The lowest BCUT2D eigenvalue weighted by atomic mass is 10.0. The molecule has 0 aliphatic carbocycles. The fourth-order valence-corrected chi connectivity index (χ4v) is 6.21. The van der Waals surface area contributed by atoms with Gasteiger partial charge in [0.05, 0.1) is 11.1 Å². The average Bonchev–Trinajstić information content (AvgIpc) is 3.31. The largest absolute Gasteiger partial charge is 0.489 e. The summed E-state index contributed by atoms with van der Waals surface area (Å²) < 4.78 is 29.7. The van der Waals surface area contributed by atoms with Crippen molar-refractivity contribution in [2.45, 2.75) is 32.0 Å². The summed E-state index contributed by atoms with van der Waals surface area (Å²) in [5, 5.41) is 2.98. The summed E-state index contributed by atoms with van der Waals surface area (Å²) in [6.45, 7) is 0.794. The predicted molar refractivity (Wildman–Crippen MR) is 228 cm³/mol. The topological polar surface area (TPSA) is 109 Å². The predicted octanol–water partition coefficient (Wildman–Crippen LogP) is 9.98. The first kappa shape index (κ1) is 40.5. The van der Waals surface area contributed by atoms with Gasteiger partial charge in [0.15, 0.2) is 6.10 Å². The molecule has 0 heterocycles. The van der Waals surface area contributed by atoms with Crippen LogP contribution in [0.5, 0.6) is 17.2 Å². The van der Waals surface area contributed by atoms with Crippen LogP contribution < -0.4 is 19.5 Å². The maximum atomic E-state index is 13.9. The monoisotopic (exact) mass is 797 g/mol. The lowest BCUT2D eigenvalue weighted by Crippen LogP contribution is -2.44. The van der Waals surface area contributed by atoms with Crippen molar-refractivity contribution in [3.05, 3.63) is 233 Å². The van der Waals surface area contributed by atoms with Crippen LogP contribution >= 0.6 is 0 Å². The van der Waals surface area contributed by atoms with Crippen LogP contribution in [0.15, 0.2) is 194 Å². The van der Waals surface area contributed by atoms with Crippen molar-refractivity contribution in [2.75, 3.05) is 6.61 Å². The van der Waals surface area contributed by atoms with Gasteiger partial charge in [-0.25, -0.2) is 9.59 Å². The molecule has 7 rings (SSSR count). The second-order valence-electron chi connectivity index (χ2n) is 13.8. The normalized spacial score (nSPS) is 11.7. The minimum Gasteiger partial charge on any atom is -0.489 e. The molecule has 0 saturated carbocycles. The van der Waals surface area contributed by atoms with Crippen LogP contribution in [0.25, 0.3) is 0 Å². The standard InChI is InChI=1S/C51H43NO8/c53-49(41-21-27-44(28-22-41)56-33-37-13-5-1-6-14-37)52-47(36-59-50(54)42-23-29-45(30-24-42)57-34-38-15-7-2-8-16-38)48(40-19-11-4-12-20-40)60-51(55)43-25-31-46(32-26-43)58-35-39-17-9-3-10-18-39/h1-32,47-48H,33-36H2,(H,52,53)/t47-,48+/m0/s1. The highest BCUT2D eigenvalue weighted by molar-refractivity contribution is 5.95. The number of amides is 1. The summed E-state index contributed by atoms with van der Waals surface area (Å²) in [4.78, 5) is 41.2. The van der Waals surface area contributed by atoms with Gasteiger partial charge >= 0.3 is 11.9 Å². The van der Waals surface area contributed by atoms with Crippen molar-refractivity contribution < 1.29 is 38.1 Å². The van der Waals surface area contributed by atoms with E-state index in [1.807, 2.05) is 97.1 Å². The number of hydrogen-bond donors (Lipinski definition) is 1. The van der Waals surface area contributed by atoms with E-state index in [-0.39, 0.29) is 17.7 Å². The third kappa shape index (κ3) is 11.7. The van der Waals surface area contributed by atoms with Crippen LogP contribution in [0.2, 0.25) is 0 Å².